The van der Waals surface area contributed by atoms with E-state index in [0.717, 1.165) is 6.07 Å². The number of carbonyl (C=O) groups is 2. The predicted octanol–water partition coefficient (Wildman–Crippen LogP) is 0.959. The lowest BCUT2D eigenvalue weighted by Gasteiger charge is -2.16. The summed E-state index contributed by atoms with van der Waals surface area (Å²) in [5.74, 6) is -2.31. The van der Waals surface area contributed by atoms with Crippen molar-refractivity contribution in [1.29, 1.82) is 5.26 Å². The second kappa shape index (κ2) is 6.50. The Morgan fingerprint density at radius 2 is 2.21 bits per heavy atom. The van der Waals surface area contributed by atoms with Crippen LogP contribution in [0.15, 0.2) is 24.3 Å². The van der Waals surface area contributed by atoms with Gasteiger partial charge in [-0.05, 0) is 31.5 Å². The van der Waals surface area contributed by atoms with Gasteiger partial charge in [0.1, 0.15) is 11.9 Å². The molecule has 0 fully saturated rings. The Morgan fingerprint density at radius 1 is 1.53 bits per heavy atom. The molecule has 0 spiro atoms. The first-order chi connectivity index (χ1) is 8.93. The Bertz CT molecular complexity index is 525. The molecule has 100 valence electrons. The first-order valence-corrected chi connectivity index (χ1v) is 5.69. The van der Waals surface area contributed by atoms with E-state index in [0.29, 0.717) is 0 Å². The fraction of sp³-hybridized carbons (Fsp3) is 0.308. The summed E-state index contributed by atoms with van der Waals surface area (Å²) < 4.78 is 13.0. The number of benzene rings is 1. The Kier molecular flexibility index (Phi) is 5.01. The predicted molar refractivity (Wildman–Crippen MR) is 66.2 cm³/mol. The van der Waals surface area contributed by atoms with E-state index in [2.05, 4.69) is 5.32 Å². The van der Waals surface area contributed by atoms with Crippen LogP contribution in [0.4, 0.5) is 4.39 Å². The fourth-order valence-electron chi connectivity index (χ4n) is 1.52. The molecule has 0 saturated heterocycles. The van der Waals surface area contributed by atoms with Crippen LogP contribution in [0.1, 0.15) is 23.7 Å². The monoisotopic (exact) mass is 263 g/mol. The molecule has 0 radical (unpaired) electrons. The van der Waals surface area contributed by atoms with Gasteiger partial charge in [-0.25, -0.2) is 4.39 Å². The van der Waals surface area contributed by atoms with Gasteiger partial charge < -0.3 is 11.1 Å². The molecule has 0 aliphatic carbocycles. The first-order valence-electron chi connectivity index (χ1n) is 5.69. The van der Waals surface area contributed by atoms with Gasteiger partial charge in [0.15, 0.2) is 0 Å². The number of carbonyl (C=O) groups excluding carboxylic acids is 2. The Morgan fingerprint density at radius 3 is 2.74 bits per heavy atom. The van der Waals surface area contributed by atoms with Crippen LogP contribution in [0, 0.1) is 23.1 Å². The smallest absolute Gasteiger partial charge is 0.252 e. The van der Waals surface area contributed by atoms with Crippen LogP contribution in [0.25, 0.3) is 0 Å². The minimum Gasteiger partial charge on any atom is -0.368 e. The molecular weight excluding hydrogens is 249 g/mol. The number of rotatable bonds is 5. The number of hydrogen-bond donors (Lipinski definition) is 2. The highest BCUT2D eigenvalue weighted by Gasteiger charge is 2.21. The lowest BCUT2D eigenvalue weighted by atomic mass is 10.0. The molecule has 1 aromatic carbocycles. The van der Waals surface area contributed by atoms with Crippen LogP contribution in [0.2, 0.25) is 0 Å². The number of nitrogens with two attached hydrogens (primary N) is 1. The Balaban J connectivity index is 2.77. The number of nitrogens with one attached hydrogen (secondary N) is 1. The summed E-state index contributed by atoms with van der Waals surface area (Å²) in [7, 11) is 0. The maximum Gasteiger partial charge on any atom is 0.252 e. The van der Waals surface area contributed by atoms with Crippen molar-refractivity contribution < 1.29 is 14.0 Å². The maximum atomic E-state index is 13.0. The summed E-state index contributed by atoms with van der Waals surface area (Å²) >= 11 is 0. The first kappa shape index (κ1) is 14.6. The molecular formula is C13H14FN3O2. The van der Waals surface area contributed by atoms with Crippen LogP contribution in [0.5, 0.6) is 0 Å². The molecule has 0 unspecified atom stereocenters. The summed E-state index contributed by atoms with van der Waals surface area (Å²) in [6.07, 6.45) is 0.118. The van der Waals surface area contributed by atoms with Crippen LogP contribution in [0.3, 0.4) is 0 Å². The molecule has 0 bridgehead atoms. The minimum absolute atomic E-state index is 0.0934. The summed E-state index contributed by atoms with van der Waals surface area (Å²) in [6, 6.07) is 6.08. The summed E-state index contributed by atoms with van der Waals surface area (Å²) in [5.41, 5.74) is 5.25. The summed E-state index contributed by atoms with van der Waals surface area (Å²) in [6.45, 7) is 1.62. The van der Waals surface area contributed by atoms with Crippen LogP contribution in [-0.4, -0.2) is 17.9 Å². The maximum absolute atomic E-state index is 13.0. The zero-order valence-electron chi connectivity index (χ0n) is 10.4. The van der Waals surface area contributed by atoms with Gasteiger partial charge in [0, 0.05) is 11.5 Å². The Hall–Kier alpha value is -2.42. The van der Waals surface area contributed by atoms with Crippen molar-refractivity contribution in [2.24, 2.45) is 11.7 Å². The second-order valence-corrected chi connectivity index (χ2v) is 4.20. The van der Waals surface area contributed by atoms with Gasteiger partial charge in [0.2, 0.25) is 5.91 Å². The number of hydrogen-bond acceptors (Lipinski definition) is 3. The van der Waals surface area contributed by atoms with E-state index in [1.54, 1.807) is 6.92 Å². The van der Waals surface area contributed by atoms with E-state index in [1.807, 2.05) is 6.07 Å². The van der Waals surface area contributed by atoms with Crippen LogP contribution >= 0.6 is 0 Å². The van der Waals surface area contributed by atoms with Crippen molar-refractivity contribution in [3.63, 3.8) is 0 Å². The van der Waals surface area contributed by atoms with E-state index >= 15 is 0 Å². The van der Waals surface area contributed by atoms with E-state index in [4.69, 9.17) is 11.0 Å². The standard InChI is InChI=1S/C13H14FN3O2/c1-8(7-15)5-11(12(16)18)17-13(19)9-3-2-4-10(14)6-9/h2-4,6,8,11H,5H2,1H3,(H2,16,18)(H,17,19)/t8-,11+/m0/s1. The molecule has 0 aliphatic heterocycles. The third kappa shape index (κ3) is 4.39. The van der Waals surface area contributed by atoms with Crippen molar-refractivity contribution in [3.05, 3.63) is 35.6 Å². The van der Waals surface area contributed by atoms with Gasteiger partial charge in [-0.2, -0.15) is 5.26 Å². The average molecular weight is 263 g/mol. The van der Waals surface area contributed by atoms with Crippen LogP contribution in [-0.2, 0) is 4.79 Å². The minimum atomic E-state index is -0.953. The van der Waals surface area contributed by atoms with E-state index in [1.165, 1.54) is 18.2 Å². The third-order valence-corrected chi connectivity index (χ3v) is 2.55. The summed E-state index contributed by atoms with van der Waals surface area (Å²) in [5, 5.41) is 11.1. The van der Waals surface area contributed by atoms with Gasteiger partial charge in [0.25, 0.3) is 5.91 Å². The molecule has 1 aromatic rings. The van der Waals surface area contributed by atoms with E-state index < -0.39 is 29.6 Å². The van der Waals surface area contributed by atoms with Crippen molar-refractivity contribution in [3.8, 4) is 6.07 Å². The number of nitriles is 1. The highest BCUT2D eigenvalue weighted by atomic mass is 19.1. The van der Waals surface area contributed by atoms with Gasteiger partial charge in [0.05, 0.1) is 6.07 Å². The number of halogens is 1. The molecule has 0 heterocycles. The number of primary amides is 1. The second-order valence-electron chi connectivity index (χ2n) is 4.20. The molecule has 19 heavy (non-hydrogen) atoms. The highest BCUT2D eigenvalue weighted by molar-refractivity contribution is 5.97. The third-order valence-electron chi connectivity index (χ3n) is 2.55. The normalized spacial score (nSPS) is 13.1. The average Bonchev–Trinajstić information content (AvgIpc) is 2.37. The number of nitrogens with zero attached hydrogens (tertiary/aromatic N) is 1. The van der Waals surface area contributed by atoms with E-state index in [-0.39, 0.29) is 12.0 Å². The summed E-state index contributed by atoms with van der Waals surface area (Å²) in [4.78, 5) is 23.0. The van der Waals surface area contributed by atoms with Crippen LogP contribution < -0.4 is 11.1 Å². The van der Waals surface area contributed by atoms with Gasteiger partial charge in [-0.1, -0.05) is 6.07 Å². The van der Waals surface area contributed by atoms with Crippen molar-refractivity contribution >= 4 is 11.8 Å². The molecule has 0 saturated carbocycles. The van der Waals surface area contributed by atoms with Crippen molar-refractivity contribution in [1.82, 2.24) is 5.32 Å². The van der Waals surface area contributed by atoms with Gasteiger partial charge in [-0.15, -0.1) is 0 Å². The lowest BCUT2D eigenvalue weighted by Crippen LogP contribution is -2.45. The fourth-order valence-corrected chi connectivity index (χ4v) is 1.52. The number of amides is 2. The van der Waals surface area contributed by atoms with Gasteiger partial charge >= 0.3 is 0 Å². The van der Waals surface area contributed by atoms with E-state index in [9.17, 15) is 14.0 Å². The molecule has 6 heteroatoms. The molecule has 2 amide bonds. The lowest BCUT2D eigenvalue weighted by molar-refractivity contribution is -0.120. The van der Waals surface area contributed by atoms with Crippen molar-refractivity contribution in [2.75, 3.05) is 0 Å². The molecule has 3 N–H and O–H groups in total. The topological polar surface area (TPSA) is 96.0 Å². The SMILES string of the molecule is C[C@H](C#N)C[C@@H](NC(=O)c1cccc(F)c1)C(N)=O. The van der Waals surface area contributed by atoms with Gasteiger partial charge in [-0.3, -0.25) is 9.59 Å². The largest absolute Gasteiger partial charge is 0.368 e. The quantitative estimate of drug-likeness (QED) is 0.828. The van der Waals surface area contributed by atoms with Crippen molar-refractivity contribution in [2.45, 2.75) is 19.4 Å². The molecule has 2 atom stereocenters. The molecule has 1 rings (SSSR count). The highest BCUT2D eigenvalue weighted by Crippen LogP contribution is 2.07. The Labute approximate surface area is 110 Å². The molecule has 5 nitrogen and oxygen atoms in total. The zero-order chi connectivity index (χ0) is 14.4. The zero-order valence-corrected chi connectivity index (χ0v) is 10.4. The molecule has 0 aromatic heterocycles. The molecule has 0 aliphatic rings.